The number of fused-ring (bicyclic) bond motifs is 4. The van der Waals surface area contributed by atoms with Crippen LogP contribution in [0, 0.1) is 12.3 Å². The average molecular weight is 714 g/mol. The van der Waals surface area contributed by atoms with Crippen LogP contribution in [0.2, 0.25) is 0 Å². The van der Waals surface area contributed by atoms with Crippen LogP contribution in [0.1, 0.15) is 84.4 Å². The molecule has 3 aliphatic heterocycles. The average Bonchev–Trinajstić information content (AvgIpc) is 3.76. The summed E-state index contributed by atoms with van der Waals surface area (Å²) in [5, 5.41) is 3.03. The number of H-pyrrole nitrogens is 1. The van der Waals surface area contributed by atoms with Crippen molar-refractivity contribution in [3.05, 3.63) is 105 Å². The molecule has 0 unspecified atom stereocenters. The zero-order valence-corrected chi connectivity index (χ0v) is 29.9. The minimum Gasteiger partial charge on any atom is -0.381 e. The molecule has 5 aromatic rings. The molecule has 7 heterocycles. The van der Waals surface area contributed by atoms with Gasteiger partial charge in [0.2, 0.25) is 5.78 Å². The largest absolute Gasteiger partial charge is 0.381 e. The number of carbonyl (C=O) groups excluding carboxylic acids is 3. The van der Waals surface area contributed by atoms with Crippen molar-refractivity contribution in [1.29, 1.82) is 0 Å². The monoisotopic (exact) mass is 713 g/mol. The molecule has 0 radical (unpaired) electrons. The lowest BCUT2D eigenvalue weighted by molar-refractivity contribution is -0.000511. The summed E-state index contributed by atoms with van der Waals surface area (Å²) in [6.45, 7) is 5.68. The minimum absolute atomic E-state index is 0.108. The van der Waals surface area contributed by atoms with Gasteiger partial charge in [0.1, 0.15) is 11.5 Å². The van der Waals surface area contributed by atoms with E-state index in [4.69, 9.17) is 9.72 Å². The maximum absolute atomic E-state index is 14.1. The van der Waals surface area contributed by atoms with Gasteiger partial charge in [0, 0.05) is 67.6 Å². The summed E-state index contributed by atoms with van der Waals surface area (Å²) >= 11 is 1.41. The Balaban J connectivity index is 0.911. The van der Waals surface area contributed by atoms with Gasteiger partial charge in [-0.1, -0.05) is 0 Å². The van der Waals surface area contributed by atoms with Gasteiger partial charge >= 0.3 is 0 Å². The van der Waals surface area contributed by atoms with E-state index in [1.165, 1.54) is 11.3 Å². The molecule has 4 aromatic heterocycles. The number of nitrogens with zero attached hydrogens (tertiary/aromatic N) is 5. The van der Waals surface area contributed by atoms with Crippen molar-refractivity contribution in [1.82, 2.24) is 19.9 Å². The third-order valence-corrected chi connectivity index (χ3v) is 12.1. The molecule has 9 rings (SSSR count). The van der Waals surface area contributed by atoms with Gasteiger partial charge in [0.05, 0.1) is 26.7 Å². The molecule has 1 aliphatic carbocycles. The number of nitrogens with one attached hydrogen (secondary N) is 2. The SMILES string of the molecule is Cc1cnc(N2CC3(CCOCC3)C2)c(C(=O)Nc2ccc(C(=O)N3CCc4cc(C(=O)c5nc6c([nH]5)CCCC6)sc4-c4ncccc43)cc2)c1. The molecular weight excluding hydrogens is 675 g/mol. The second kappa shape index (κ2) is 13.1. The van der Waals surface area contributed by atoms with Crippen molar-refractivity contribution in [3.8, 4) is 10.6 Å². The third-order valence-electron chi connectivity index (χ3n) is 10.9. The van der Waals surface area contributed by atoms with E-state index in [9.17, 15) is 14.4 Å². The Bertz CT molecular complexity index is 2190. The van der Waals surface area contributed by atoms with Crippen LogP contribution < -0.4 is 15.1 Å². The fourth-order valence-corrected chi connectivity index (χ4v) is 9.18. The first-order valence-corrected chi connectivity index (χ1v) is 18.9. The molecule has 2 amide bonds. The maximum atomic E-state index is 14.1. The van der Waals surface area contributed by atoms with Crippen molar-refractivity contribution in [2.45, 2.75) is 51.9 Å². The van der Waals surface area contributed by atoms with E-state index in [0.717, 1.165) is 92.2 Å². The molecule has 0 saturated carbocycles. The lowest BCUT2D eigenvalue weighted by Crippen LogP contribution is -2.59. The topological polar surface area (TPSA) is 133 Å². The zero-order valence-electron chi connectivity index (χ0n) is 29.0. The maximum Gasteiger partial charge on any atom is 0.259 e. The number of imidazole rings is 1. The number of amides is 2. The van der Waals surface area contributed by atoms with Crippen LogP contribution >= 0.6 is 11.3 Å². The van der Waals surface area contributed by atoms with Crippen LogP contribution in [0.4, 0.5) is 17.2 Å². The lowest BCUT2D eigenvalue weighted by atomic mass is 9.73. The highest BCUT2D eigenvalue weighted by Crippen LogP contribution is 2.43. The molecule has 11 nitrogen and oxygen atoms in total. The summed E-state index contributed by atoms with van der Waals surface area (Å²) in [4.78, 5) is 64.0. The summed E-state index contributed by atoms with van der Waals surface area (Å²) < 4.78 is 5.57. The smallest absolute Gasteiger partial charge is 0.259 e. The second-order valence-corrected chi connectivity index (χ2v) is 15.5. The quantitative estimate of drug-likeness (QED) is 0.193. The summed E-state index contributed by atoms with van der Waals surface area (Å²) in [5.74, 6) is 0.594. The molecule has 2 fully saturated rings. The molecule has 12 heteroatoms. The molecule has 52 heavy (non-hydrogen) atoms. The standard InChI is InChI=1S/C40H39N7O4S/c1-24-19-28(37(42-21-24)46-22-40(23-46)13-17-51-18-14-40)38(49)43-27-10-8-25(9-11-27)39(50)47-16-12-26-20-32(52-35(26)33-31(47)7-4-15-41-33)34(48)36-44-29-5-2-3-6-30(29)45-36/h4,7-11,15,19-21H,2-3,5-6,12-14,16-18,22-23H2,1H3,(H,43,49)(H,44,45). The Labute approximate surface area is 305 Å². The summed E-state index contributed by atoms with van der Waals surface area (Å²) in [6, 6.07) is 14.6. The summed E-state index contributed by atoms with van der Waals surface area (Å²) in [7, 11) is 0. The Morgan fingerprint density at radius 3 is 2.60 bits per heavy atom. The normalized spacial score (nSPS) is 17.4. The molecule has 0 bridgehead atoms. The first-order valence-electron chi connectivity index (χ1n) is 18.1. The van der Waals surface area contributed by atoms with Gasteiger partial charge < -0.3 is 24.8 Å². The summed E-state index contributed by atoms with van der Waals surface area (Å²) in [5.41, 5.74) is 7.24. The van der Waals surface area contributed by atoms with Gasteiger partial charge in [-0.05, 0) is 112 Å². The Morgan fingerprint density at radius 2 is 1.79 bits per heavy atom. The zero-order chi connectivity index (χ0) is 35.4. The van der Waals surface area contributed by atoms with Crippen LogP contribution in [0.25, 0.3) is 10.6 Å². The number of thiophene rings is 1. The van der Waals surface area contributed by atoms with Crippen LogP contribution in [0.5, 0.6) is 0 Å². The van der Waals surface area contributed by atoms with Crippen LogP contribution in [0.15, 0.2) is 60.9 Å². The Hall–Kier alpha value is -5.20. The molecular formula is C40H39N7O4S. The number of carbonyl (C=O) groups is 3. The molecule has 1 spiro atoms. The summed E-state index contributed by atoms with van der Waals surface area (Å²) in [6.07, 6.45) is 10.2. The van der Waals surface area contributed by atoms with Crippen molar-refractivity contribution in [2.75, 3.05) is 48.0 Å². The number of pyridine rings is 2. The van der Waals surface area contributed by atoms with Gasteiger partial charge in [-0.15, -0.1) is 11.3 Å². The van der Waals surface area contributed by atoms with Gasteiger partial charge in [-0.25, -0.2) is 9.97 Å². The number of aromatic nitrogens is 4. The highest BCUT2D eigenvalue weighted by Gasteiger charge is 2.45. The number of hydrogen-bond donors (Lipinski definition) is 2. The van der Waals surface area contributed by atoms with Gasteiger partial charge in [0.25, 0.3) is 11.8 Å². The number of hydrogen-bond acceptors (Lipinski definition) is 9. The van der Waals surface area contributed by atoms with Gasteiger partial charge in [-0.2, -0.15) is 0 Å². The van der Waals surface area contributed by atoms with Gasteiger partial charge in [0.15, 0.2) is 5.82 Å². The fourth-order valence-electron chi connectivity index (χ4n) is 8.02. The minimum atomic E-state index is -0.235. The van der Waals surface area contributed by atoms with Crippen molar-refractivity contribution >= 4 is 46.1 Å². The van der Waals surface area contributed by atoms with E-state index in [2.05, 4.69) is 25.2 Å². The van der Waals surface area contributed by atoms with Crippen molar-refractivity contribution in [2.24, 2.45) is 5.41 Å². The predicted molar refractivity (Wildman–Crippen MR) is 200 cm³/mol. The van der Waals surface area contributed by atoms with E-state index < -0.39 is 0 Å². The number of anilines is 3. The number of aromatic amines is 1. The number of ketones is 1. The number of rotatable bonds is 6. The highest BCUT2D eigenvalue weighted by atomic mass is 32.1. The third kappa shape index (κ3) is 5.89. The van der Waals surface area contributed by atoms with E-state index in [0.29, 0.717) is 57.7 Å². The fraction of sp³-hybridized carbons (Fsp3) is 0.350. The number of benzene rings is 1. The molecule has 2 saturated heterocycles. The molecule has 264 valence electrons. The number of aryl methyl sites for hydroxylation is 3. The first kappa shape index (κ1) is 32.7. The second-order valence-electron chi connectivity index (χ2n) is 14.5. The predicted octanol–water partition coefficient (Wildman–Crippen LogP) is 6.42. The van der Waals surface area contributed by atoms with E-state index >= 15 is 0 Å². The van der Waals surface area contributed by atoms with Crippen LogP contribution in [-0.2, 0) is 24.0 Å². The van der Waals surface area contributed by atoms with E-state index in [1.54, 1.807) is 35.4 Å². The Kier molecular flexibility index (Phi) is 8.23. The number of ether oxygens (including phenoxy) is 1. The highest BCUT2D eigenvalue weighted by molar-refractivity contribution is 7.17. The van der Waals surface area contributed by atoms with E-state index in [1.807, 2.05) is 37.4 Å². The van der Waals surface area contributed by atoms with Crippen LogP contribution in [-0.4, -0.2) is 70.4 Å². The van der Waals surface area contributed by atoms with Gasteiger partial charge in [-0.3, -0.25) is 19.4 Å². The van der Waals surface area contributed by atoms with E-state index in [-0.39, 0.29) is 23.0 Å². The Morgan fingerprint density at radius 1 is 0.981 bits per heavy atom. The van der Waals surface area contributed by atoms with Crippen LogP contribution in [0.3, 0.4) is 0 Å². The van der Waals surface area contributed by atoms with Crippen molar-refractivity contribution in [3.63, 3.8) is 0 Å². The lowest BCUT2D eigenvalue weighted by Gasteiger charge is -2.53. The molecule has 0 atom stereocenters. The first-order chi connectivity index (χ1) is 25.3. The molecule has 4 aliphatic rings. The molecule has 1 aromatic carbocycles. The molecule has 2 N–H and O–H groups in total. The van der Waals surface area contributed by atoms with Crippen molar-refractivity contribution < 1.29 is 19.1 Å².